The second-order valence-corrected chi connectivity index (χ2v) is 7.97. The second-order valence-electron chi connectivity index (χ2n) is 4.50. The van der Waals surface area contributed by atoms with Gasteiger partial charge in [-0.15, -0.1) is 11.3 Å². The Morgan fingerprint density at radius 1 is 1.25 bits per heavy atom. The number of aliphatic hydroxyl groups is 1. The molecular weight excluding hydrogens is 295 g/mol. The molecule has 1 N–H and O–H groups in total. The standard InChI is InChI=1S/C14H19O4PS/c1-4-17-19(16,18-5-2)14(3,15)13-10-11-8-6-7-9-12(11)20-13/h6-10,15H,4-5H2,1-3H3. The lowest BCUT2D eigenvalue weighted by atomic mass is 10.2. The molecule has 0 radical (unpaired) electrons. The SMILES string of the molecule is CCOP(=O)(OCC)C(C)(O)c1cc2ccccc2s1. The molecule has 2 rings (SSSR count). The van der Waals surface area contributed by atoms with Crippen LogP contribution in [0.5, 0.6) is 0 Å². The highest BCUT2D eigenvalue weighted by molar-refractivity contribution is 7.55. The molecule has 0 aliphatic heterocycles. The van der Waals surface area contributed by atoms with Crippen molar-refractivity contribution < 1.29 is 18.7 Å². The van der Waals surface area contributed by atoms with Gasteiger partial charge in [0, 0.05) is 9.58 Å². The van der Waals surface area contributed by atoms with Gasteiger partial charge in [0.25, 0.3) is 0 Å². The first-order valence-corrected chi connectivity index (χ1v) is 8.91. The Morgan fingerprint density at radius 3 is 2.40 bits per heavy atom. The van der Waals surface area contributed by atoms with E-state index in [2.05, 4.69) is 0 Å². The van der Waals surface area contributed by atoms with Crippen LogP contribution in [0.15, 0.2) is 30.3 Å². The molecule has 6 heteroatoms. The molecule has 1 atom stereocenters. The zero-order valence-electron chi connectivity index (χ0n) is 11.8. The van der Waals surface area contributed by atoms with E-state index in [1.807, 2.05) is 30.3 Å². The van der Waals surface area contributed by atoms with E-state index in [0.717, 1.165) is 10.1 Å². The Hall–Kier alpha value is -0.710. The average Bonchev–Trinajstić information content (AvgIpc) is 2.83. The molecule has 0 fully saturated rings. The van der Waals surface area contributed by atoms with Crippen molar-refractivity contribution in [1.82, 2.24) is 0 Å². The lowest BCUT2D eigenvalue weighted by molar-refractivity contribution is 0.0829. The number of thiophene rings is 1. The fraction of sp³-hybridized carbons (Fsp3) is 0.429. The van der Waals surface area contributed by atoms with E-state index >= 15 is 0 Å². The molecule has 110 valence electrons. The first-order valence-electron chi connectivity index (χ1n) is 6.55. The fourth-order valence-corrected chi connectivity index (χ4v) is 5.05. The second kappa shape index (κ2) is 5.96. The van der Waals surface area contributed by atoms with Gasteiger partial charge in [0.15, 0.2) is 5.34 Å². The van der Waals surface area contributed by atoms with Gasteiger partial charge in [0.1, 0.15) is 0 Å². The molecule has 1 aromatic carbocycles. The number of hydrogen-bond acceptors (Lipinski definition) is 5. The normalized spacial score (nSPS) is 15.4. The molecule has 0 aliphatic carbocycles. The quantitative estimate of drug-likeness (QED) is 0.806. The fourth-order valence-electron chi connectivity index (χ4n) is 1.98. The first kappa shape index (κ1) is 15.7. The highest BCUT2D eigenvalue weighted by Gasteiger charge is 2.48. The van der Waals surface area contributed by atoms with Gasteiger partial charge < -0.3 is 14.2 Å². The van der Waals surface area contributed by atoms with Crippen LogP contribution in [0.2, 0.25) is 0 Å². The summed E-state index contributed by atoms with van der Waals surface area (Å²) < 4.78 is 24.4. The van der Waals surface area contributed by atoms with Crippen LogP contribution in [-0.4, -0.2) is 18.3 Å². The third-order valence-corrected chi connectivity index (χ3v) is 7.01. The van der Waals surface area contributed by atoms with Crippen LogP contribution in [0.3, 0.4) is 0 Å². The maximum Gasteiger partial charge on any atom is 0.367 e. The van der Waals surface area contributed by atoms with Gasteiger partial charge in [-0.05, 0) is 38.3 Å². The highest BCUT2D eigenvalue weighted by Crippen LogP contribution is 2.64. The Labute approximate surface area is 122 Å². The van der Waals surface area contributed by atoms with Gasteiger partial charge in [0.2, 0.25) is 0 Å². The molecular formula is C14H19O4PS. The van der Waals surface area contributed by atoms with E-state index < -0.39 is 12.9 Å². The predicted molar refractivity (Wildman–Crippen MR) is 82.3 cm³/mol. The molecule has 0 spiro atoms. The summed E-state index contributed by atoms with van der Waals surface area (Å²) in [6.07, 6.45) is 0. The van der Waals surface area contributed by atoms with Crippen LogP contribution < -0.4 is 0 Å². The molecule has 0 amide bonds. The third kappa shape index (κ3) is 2.69. The predicted octanol–water partition coefficient (Wildman–Crippen LogP) is 4.33. The molecule has 4 nitrogen and oxygen atoms in total. The van der Waals surface area contributed by atoms with E-state index in [4.69, 9.17) is 9.05 Å². The number of hydrogen-bond donors (Lipinski definition) is 1. The van der Waals surface area contributed by atoms with Gasteiger partial charge in [-0.2, -0.15) is 0 Å². The Morgan fingerprint density at radius 2 is 1.85 bits per heavy atom. The van der Waals surface area contributed by atoms with Crippen LogP contribution in [0.25, 0.3) is 10.1 Å². The van der Waals surface area contributed by atoms with E-state index in [1.54, 1.807) is 13.8 Å². The summed E-state index contributed by atoms with van der Waals surface area (Å²) >= 11 is 1.40. The Balaban J connectivity index is 2.48. The summed E-state index contributed by atoms with van der Waals surface area (Å²) in [5.41, 5.74) is 0. The van der Waals surface area contributed by atoms with E-state index in [9.17, 15) is 9.67 Å². The van der Waals surface area contributed by atoms with Gasteiger partial charge in [-0.25, -0.2) is 0 Å². The maximum atomic E-state index is 12.8. The van der Waals surface area contributed by atoms with Gasteiger partial charge in [-0.3, -0.25) is 4.57 Å². The summed E-state index contributed by atoms with van der Waals surface area (Å²) in [5, 5.41) is 10.1. The number of rotatable bonds is 6. The molecule has 1 aromatic heterocycles. The molecule has 0 saturated heterocycles. The summed E-state index contributed by atoms with van der Waals surface area (Å²) in [6, 6.07) is 9.62. The zero-order chi connectivity index (χ0) is 14.8. The van der Waals surface area contributed by atoms with Crippen molar-refractivity contribution in [2.24, 2.45) is 0 Å². The van der Waals surface area contributed by atoms with Gasteiger partial charge in [-0.1, -0.05) is 18.2 Å². The first-order chi connectivity index (χ1) is 9.44. The van der Waals surface area contributed by atoms with Crippen molar-refractivity contribution >= 4 is 29.0 Å². The van der Waals surface area contributed by atoms with E-state index in [1.165, 1.54) is 18.3 Å². The van der Waals surface area contributed by atoms with Crippen molar-refractivity contribution in [2.45, 2.75) is 26.1 Å². The topological polar surface area (TPSA) is 55.8 Å². The van der Waals surface area contributed by atoms with Crippen molar-refractivity contribution in [3.63, 3.8) is 0 Å². The molecule has 20 heavy (non-hydrogen) atoms. The number of benzene rings is 1. The maximum absolute atomic E-state index is 12.8. The molecule has 0 saturated carbocycles. The van der Waals surface area contributed by atoms with E-state index in [-0.39, 0.29) is 13.2 Å². The van der Waals surface area contributed by atoms with Crippen molar-refractivity contribution in [1.29, 1.82) is 0 Å². The average molecular weight is 314 g/mol. The van der Waals surface area contributed by atoms with Crippen LogP contribution in [0, 0.1) is 0 Å². The zero-order valence-corrected chi connectivity index (χ0v) is 13.5. The van der Waals surface area contributed by atoms with Crippen molar-refractivity contribution in [3.05, 3.63) is 35.2 Å². The Bertz CT molecular complexity index is 592. The smallest absolute Gasteiger partial charge is 0.367 e. The third-order valence-electron chi connectivity index (χ3n) is 3.02. The highest BCUT2D eigenvalue weighted by atomic mass is 32.1. The molecule has 0 bridgehead atoms. The summed E-state index contributed by atoms with van der Waals surface area (Å²) in [6.45, 7) is 5.39. The largest absolute Gasteiger partial charge is 0.373 e. The van der Waals surface area contributed by atoms with Crippen LogP contribution >= 0.6 is 18.9 Å². The summed E-state index contributed by atoms with van der Waals surface area (Å²) in [4.78, 5) is 0.587. The molecule has 1 heterocycles. The van der Waals surface area contributed by atoms with Gasteiger partial charge in [0.05, 0.1) is 13.2 Å². The van der Waals surface area contributed by atoms with Crippen LogP contribution in [0.4, 0.5) is 0 Å². The minimum atomic E-state index is -3.63. The lowest BCUT2D eigenvalue weighted by Gasteiger charge is -2.30. The molecule has 2 aromatic rings. The molecule has 0 aliphatic rings. The Kier molecular flexibility index (Phi) is 4.67. The van der Waals surface area contributed by atoms with Crippen molar-refractivity contribution in [3.8, 4) is 0 Å². The lowest BCUT2D eigenvalue weighted by Crippen LogP contribution is -2.23. The van der Waals surface area contributed by atoms with E-state index in [0.29, 0.717) is 4.88 Å². The van der Waals surface area contributed by atoms with Crippen molar-refractivity contribution in [2.75, 3.05) is 13.2 Å². The van der Waals surface area contributed by atoms with Gasteiger partial charge >= 0.3 is 7.60 Å². The molecule has 1 unspecified atom stereocenters. The van der Waals surface area contributed by atoms with Crippen LogP contribution in [-0.2, 0) is 19.0 Å². The summed E-state index contributed by atoms with van der Waals surface area (Å²) in [5.74, 6) is 0. The number of fused-ring (bicyclic) bond motifs is 1. The van der Waals surface area contributed by atoms with Crippen LogP contribution in [0.1, 0.15) is 25.6 Å². The summed E-state index contributed by atoms with van der Waals surface area (Å²) in [7, 11) is -3.63. The minimum Gasteiger partial charge on any atom is -0.373 e. The monoisotopic (exact) mass is 314 g/mol. The minimum absolute atomic E-state index is 0.221.